The molecule has 0 aromatic rings. The molecule has 1 atom stereocenters. The summed E-state index contributed by atoms with van der Waals surface area (Å²) in [7, 11) is 0. The highest BCUT2D eigenvalue weighted by Gasteiger charge is 2.45. The van der Waals surface area contributed by atoms with Gasteiger partial charge in [-0.15, -0.1) is 0 Å². The Morgan fingerprint density at radius 2 is 2.40 bits per heavy atom. The Labute approximate surface area is 61.9 Å². The van der Waals surface area contributed by atoms with Gasteiger partial charge in [0.25, 0.3) is 0 Å². The SMILES string of the molecule is CCC1NCC2(CC2)CO1. The van der Waals surface area contributed by atoms with E-state index >= 15 is 0 Å². The first-order valence-corrected chi connectivity index (χ1v) is 4.20. The predicted molar refractivity (Wildman–Crippen MR) is 39.7 cm³/mol. The molecular weight excluding hydrogens is 126 g/mol. The van der Waals surface area contributed by atoms with Gasteiger partial charge < -0.3 is 4.74 Å². The third-order valence-corrected chi connectivity index (χ3v) is 2.62. The Bertz CT molecular complexity index is 121. The van der Waals surface area contributed by atoms with Gasteiger partial charge in [-0.1, -0.05) is 6.92 Å². The number of hydrogen-bond donors (Lipinski definition) is 1. The van der Waals surface area contributed by atoms with Gasteiger partial charge in [0.2, 0.25) is 0 Å². The maximum absolute atomic E-state index is 5.59. The maximum Gasteiger partial charge on any atom is 0.107 e. The van der Waals surface area contributed by atoms with Crippen LogP contribution in [0.3, 0.4) is 0 Å². The van der Waals surface area contributed by atoms with Crippen molar-refractivity contribution in [3.05, 3.63) is 0 Å². The molecule has 1 unspecified atom stereocenters. The van der Waals surface area contributed by atoms with Gasteiger partial charge in [-0.2, -0.15) is 0 Å². The van der Waals surface area contributed by atoms with Crippen molar-refractivity contribution in [3.63, 3.8) is 0 Å². The van der Waals surface area contributed by atoms with Gasteiger partial charge in [-0.25, -0.2) is 0 Å². The molecule has 0 aromatic carbocycles. The van der Waals surface area contributed by atoms with E-state index in [-0.39, 0.29) is 0 Å². The largest absolute Gasteiger partial charge is 0.363 e. The number of ether oxygens (including phenoxy) is 1. The molecule has 2 rings (SSSR count). The molecule has 0 aromatic heterocycles. The van der Waals surface area contributed by atoms with Crippen molar-refractivity contribution in [2.24, 2.45) is 5.41 Å². The summed E-state index contributed by atoms with van der Waals surface area (Å²) in [6.07, 6.45) is 4.18. The van der Waals surface area contributed by atoms with Crippen molar-refractivity contribution in [2.75, 3.05) is 13.2 Å². The predicted octanol–water partition coefficient (Wildman–Crippen LogP) is 1.12. The highest BCUT2D eigenvalue weighted by atomic mass is 16.5. The van der Waals surface area contributed by atoms with Crippen molar-refractivity contribution in [1.29, 1.82) is 0 Å². The average molecular weight is 141 g/mol. The van der Waals surface area contributed by atoms with E-state index in [1.54, 1.807) is 0 Å². The van der Waals surface area contributed by atoms with Crippen LogP contribution in [0.25, 0.3) is 0 Å². The fourth-order valence-electron chi connectivity index (χ4n) is 1.48. The van der Waals surface area contributed by atoms with Crippen LogP contribution in [0.1, 0.15) is 26.2 Å². The standard InChI is InChI=1S/C8H15NO/c1-2-7-9-5-8(3-4-8)6-10-7/h7,9H,2-6H2,1H3. The maximum atomic E-state index is 5.59. The second kappa shape index (κ2) is 2.21. The Kier molecular flexibility index (Phi) is 1.46. The Balaban J connectivity index is 1.84. The number of nitrogens with one attached hydrogen (secondary N) is 1. The van der Waals surface area contributed by atoms with Crippen LogP contribution in [0.2, 0.25) is 0 Å². The molecule has 0 radical (unpaired) electrons. The fraction of sp³-hybridized carbons (Fsp3) is 1.00. The van der Waals surface area contributed by atoms with E-state index in [9.17, 15) is 0 Å². The molecule has 1 aliphatic carbocycles. The summed E-state index contributed by atoms with van der Waals surface area (Å²) >= 11 is 0. The van der Waals surface area contributed by atoms with E-state index in [0.29, 0.717) is 11.6 Å². The molecule has 2 nitrogen and oxygen atoms in total. The molecule has 0 bridgehead atoms. The molecule has 1 N–H and O–H groups in total. The third kappa shape index (κ3) is 1.06. The van der Waals surface area contributed by atoms with Crippen LogP contribution in [0.4, 0.5) is 0 Å². The van der Waals surface area contributed by atoms with Gasteiger partial charge in [0.15, 0.2) is 0 Å². The van der Waals surface area contributed by atoms with E-state index in [1.807, 2.05) is 0 Å². The van der Waals surface area contributed by atoms with Crippen molar-refractivity contribution in [3.8, 4) is 0 Å². The normalized spacial score (nSPS) is 36.3. The van der Waals surface area contributed by atoms with E-state index in [2.05, 4.69) is 12.2 Å². The fourth-order valence-corrected chi connectivity index (χ4v) is 1.48. The van der Waals surface area contributed by atoms with E-state index < -0.39 is 0 Å². The van der Waals surface area contributed by atoms with Gasteiger partial charge in [0.05, 0.1) is 6.61 Å². The zero-order chi connectivity index (χ0) is 7.03. The highest BCUT2D eigenvalue weighted by Crippen LogP contribution is 2.46. The molecule has 1 heterocycles. The van der Waals surface area contributed by atoms with Crippen molar-refractivity contribution in [1.82, 2.24) is 5.32 Å². The molecule has 2 aliphatic rings. The molecule has 1 saturated carbocycles. The zero-order valence-corrected chi connectivity index (χ0v) is 6.52. The van der Waals surface area contributed by atoms with Crippen LogP contribution >= 0.6 is 0 Å². The van der Waals surface area contributed by atoms with Gasteiger partial charge in [0, 0.05) is 12.0 Å². The zero-order valence-electron chi connectivity index (χ0n) is 6.52. The van der Waals surface area contributed by atoms with E-state index in [1.165, 1.54) is 19.4 Å². The van der Waals surface area contributed by atoms with Gasteiger partial charge in [-0.3, -0.25) is 5.32 Å². The number of hydrogen-bond acceptors (Lipinski definition) is 2. The Morgan fingerprint density at radius 3 is 2.80 bits per heavy atom. The Morgan fingerprint density at radius 1 is 1.60 bits per heavy atom. The molecule has 1 saturated heterocycles. The summed E-state index contributed by atoms with van der Waals surface area (Å²) in [5.41, 5.74) is 0.575. The minimum Gasteiger partial charge on any atom is -0.363 e. The summed E-state index contributed by atoms with van der Waals surface area (Å²) < 4.78 is 5.59. The Hall–Kier alpha value is -0.0800. The molecule has 2 heteroatoms. The summed E-state index contributed by atoms with van der Waals surface area (Å²) in [5, 5.41) is 3.40. The lowest BCUT2D eigenvalue weighted by molar-refractivity contribution is -0.0377. The lowest BCUT2D eigenvalue weighted by Crippen LogP contribution is -2.44. The highest BCUT2D eigenvalue weighted by molar-refractivity contribution is 4.97. The first-order chi connectivity index (χ1) is 4.85. The van der Waals surface area contributed by atoms with E-state index in [4.69, 9.17) is 4.74 Å². The molecular formula is C8H15NO. The first-order valence-electron chi connectivity index (χ1n) is 4.20. The van der Waals surface area contributed by atoms with Crippen LogP contribution in [0.5, 0.6) is 0 Å². The van der Waals surface area contributed by atoms with Crippen LogP contribution in [0, 0.1) is 5.41 Å². The quantitative estimate of drug-likeness (QED) is 0.591. The first kappa shape index (κ1) is 6.62. The molecule has 1 spiro atoms. The minimum absolute atomic E-state index is 0.339. The number of rotatable bonds is 1. The van der Waals surface area contributed by atoms with Crippen molar-refractivity contribution < 1.29 is 4.74 Å². The van der Waals surface area contributed by atoms with Gasteiger partial charge >= 0.3 is 0 Å². The molecule has 2 fully saturated rings. The summed E-state index contributed by atoms with van der Waals surface area (Å²) in [4.78, 5) is 0. The van der Waals surface area contributed by atoms with Crippen LogP contribution in [-0.2, 0) is 4.74 Å². The second-order valence-corrected chi connectivity index (χ2v) is 3.59. The third-order valence-electron chi connectivity index (χ3n) is 2.62. The van der Waals surface area contributed by atoms with Crippen LogP contribution in [-0.4, -0.2) is 19.4 Å². The molecule has 0 amide bonds. The van der Waals surface area contributed by atoms with Crippen molar-refractivity contribution >= 4 is 0 Å². The lowest BCUT2D eigenvalue weighted by Gasteiger charge is -2.29. The smallest absolute Gasteiger partial charge is 0.107 e. The molecule has 58 valence electrons. The topological polar surface area (TPSA) is 21.3 Å². The summed E-state index contributed by atoms with van der Waals surface area (Å²) in [5.74, 6) is 0. The molecule has 10 heavy (non-hydrogen) atoms. The van der Waals surface area contributed by atoms with Crippen LogP contribution in [0.15, 0.2) is 0 Å². The summed E-state index contributed by atoms with van der Waals surface area (Å²) in [6.45, 7) is 4.34. The lowest BCUT2D eigenvalue weighted by atomic mass is 10.1. The summed E-state index contributed by atoms with van der Waals surface area (Å²) in [6, 6.07) is 0. The minimum atomic E-state index is 0.339. The molecule has 1 aliphatic heterocycles. The monoisotopic (exact) mass is 141 g/mol. The van der Waals surface area contributed by atoms with E-state index in [0.717, 1.165) is 13.0 Å². The second-order valence-electron chi connectivity index (χ2n) is 3.59. The van der Waals surface area contributed by atoms with Crippen molar-refractivity contribution in [2.45, 2.75) is 32.4 Å². The average Bonchev–Trinajstić information content (AvgIpc) is 2.72. The van der Waals surface area contributed by atoms with Gasteiger partial charge in [0.1, 0.15) is 6.23 Å². The van der Waals surface area contributed by atoms with Crippen LogP contribution < -0.4 is 5.32 Å². The van der Waals surface area contributed by atoms with Gasteiger partial charge in [-0.05, 0) is 19.3 Å².